The van der Waals surface area contributed by atoms with Gasteiger partial charge in [-0.25, -0.2) is 4.79 Å². The number of nitrogens with one attached hydrogen (secondary N) is 1. The summed E-state index contributed by atoms with van der Waals surface area (Å²) in [5.74, 6) is -2.18. The van der Waals surface area contributed by atoms with Gasteiger partial charge >= 0.3 is 5.69 Å². The molecule has 0 fully saturated rings. The maximum absolute atomic E-state index is 13.1. The number of H-pyrrole nitrogens is 1. The Labute approximate surface area is 92.3 Å². The van der Waals surface area contributed by atoms with Crippen LogP contribution in [0.5, 0.6) is 5.88 Å². The number of hydrogen-bond acceptors (Lipinski definition) is 6. The molecule has 2 aromatic heterocycles. The van der Waals surface area contributed by atoms with Crippen LogP contribution in [0.2, 0.25) is 0 Å². The molecule has 0 saturated carbocycles. The summed E-state index contributed by atoms with van der Waals surface area (Å²) >= 11 is 0. The minimum atomic E-state index is -1.44. The molecule has 2 N–H and O–H groups in total. The van der Waals surface area contributed by atoms with E-state index in [4.69, 9.17) is 4.52 Å². The summed E-state index contributed by atoms with van der Waals surface area (Å²) in [6.45, 7) is 1.22. The molecule has 0 atom stereocenters. The van der Waals surface area contributed by atoms with E-state index >= 15 is 0 Å². The van der Waals surface area contributed by atoms with E-state index in [9.17, 15) is 19.1 Å². The van der Waals surface area contributed by atoms with Crippen molar-refractivity contribution in [3.05, 3.63) is 38.4 Å². The highest BCUT2D eigenvalue weighted by Crippen LogP contribution is 2.09. The van der Waals surface area contributed by atoms with Gasteiger partial charge in [0.05, 0.1) is 0 Å². The Morgan fingerprint density at radius 1 is 1.53 bits per heavy atom. The Bertz CT molecular complexity index is 671. The second-order valence-electron chi connectivity index (χ2n) is 3.22. The van der Waals surface area contributed by atoms with Crippen LogP contribution in [0.15, 0.2) is 14.1 Å². The standard InChI is InChI=1S/C8H7FN4O4/c1-3-10-4(17-12-3)2-13-7(15)5(9)6(14)11-8(13)16/h15H,2H2,1H3,(H,11,14,16). The number of aromatic hydroxyl groups is 1. The number of aromatic amines is 1. The van der Waals surface area contributed by atoms with Crippen LogP contribution < -0.4 is 11.2 Å². The summed E-state index contributed by atoms with van der Waals surface area (Å²) in [5, 5.41) is 12.8. The molecule has 17 heavy (non-hydrogen) atoms. The fourth-order valence-electron chi connectivity index (χ4n) is 1.22. The first-order valence-corrected chi connectivity index (χ1v) is 4.50. The highest BCUT2D eigenvalue weighted by Gasteiger charge is 2.15. The van der Waals surface area contributed by atoms with E-state index in [0.717, 1.165) is 0 Å². The molecule has 0 saturated heterocycles. The average molecular weight is 242 g/mol. The lowest BCUT2D eigenvalue weighted by Crippen LogP contribution is -2.32. The number of rotatable bonds is 2. The van der Waals surface area contributed by atoms with Crippen molar-refractivity contribution in [3.63, 3.8) is 0 Å². The number of aryl methyl sites for hydroxylation is 1. The summed E-state index contributed by atoms with van der Waals surface area (Å²) in [7, 11) is 0. The molecule has 0 aliphatic carbocycles. The van der Waals surface area contributed by atoms with Crippen LogP contribution in [-0.2, 0) is 6.54 Å². The summed E-state index contributed by atoms with van der Waals surface area (Å²) in [5.41, 5.74) is -2.25. The maximum atomic E-state index is 13.1. The van der Waals surface area contributed by atoms with Crippen molar-refractivity contribution in [1.29, 1.82) is 0 Å². The van der Waals surface area contributed by atoms with Crippen LogP contribution in [0, 0.1) is 12.7 Å². The van der Waals surface area contributed by atoms with Gasteiger partial charge in [-0.3, -0.25) is 14.3 Å². The molecule has 0 aromatic carbocycles. The van der Waals surface area contributed by atoms with Crippen LogP contribution >= 0.6 is 0 Å². The Morgan fingerprint density at radius 2 is 2.24 bits per heavy atom. The maximum Gasteiger partial charge on any atom is 0.331 e. The predicted octanol–water partition coefficient (Wildman–Crippen LogP) is -0.879. The Balaban J connectivity index is 2.50. The molecule has 0 spiro atoms. The van der Waals surface area contributed by atoms with Gasteiger partial charge in [0.25, 0.3) is 5.56 Å². The van der Waals surface area contributed by atoms with Gasteiger partial charge in [-0.1, -0.05) is 5.16 Å². The summed E-state index contributed by atoms with van der Waals surface area (Å²) in [6, 6.07) is 0. The first-order chi connectivity index (χ1) is 7.99. The van der Waals surface area contributed by atoms with Crippen molar-refractivity contribution in [1.82, 2.24) is 19.7 Å². The van der Waals surface area contributed by atoms with E-state index in [0.29, 0.717) is 10.4 Å². The van der Waals surface area contributed by atoms with Crippen molar-refractivity contribution in [2.24, 2.45) is 0 Å². The van der Waals surface area contributed by atoms with E-state index in [1.54, 1.807) is 11.9 Å². The third-order valence-corrected chi connectivity index (χ3v) is 1.98. The van der Waals surface area contributed by atoms with Crippen LogP contribution in [0.1, 0.15) is 11.7 Å². The molecule has 0 aliphatic heterocycles. The van der Waals surface area contributed by atoms with Gasteiger partial charge in [0.15, 0.2) is 5.82 Å². The summed E-state index contributed by atoms with van der Waals surface area (Å²) in [6.07, 6.45) is 0. The quantitative estimate of drug-likeness (QED) is 0.706. The van der Waals surface area contributed by atoms with Gasteiger partial charge in [0.1, 0.15) is 6.54 Å². The minimum absolute atomic E-state index is 0.00588. The molecule has 0 amide bonds. The van der Waals surface area contributed by atoms with Gasteiger partial charge in [0.2, 0.25) is 17.6 Å². The Kier molecular flexibility index (Phi) is 2.50. The molecule has 0 radical (unpaired) electrons. The van der Waals surface area contributed by atoms with Crippen molar-refractivity contribution in [2.45, 2.75) is 13.5 Å². The van der Waals surface area contributed by atoms with Crippen molar-refractivity contribution in [2.75, 3.05) is 0 Å². The predicted molar refractivity (Wildman–Crippen MR) is 51.1 cm³/mol. The first-order valence-electron chi connectivity index (χ1n) is 4.50. The third-order valence-electron chi connectivity index (χ3n) is 1.98. The van der Waals surface area contributed by atoms with Crippen LogP contribution in [0.25, 0.3) is 0 Å². The van der Waals surface area contributed by atoms with Gasteiger partial charge in [-0.05, 0) is 6.92 Å². The molecule has 0 unspecified atom stereocenters. The highest BCUT2D eigenvalue weighted by atomic mass is 19.1. The van der Waals surface area contributed by atoms with E-state index in [2.05, 4.69) is 10.1 Å². The molecular formula is C8H7FN4O4. The molecule has 2 aromatic rings. The monoisotopic (exact) mass is 242 g/mol. The van der Waals surface area contributed by atoms with E-state index in [-0.39, 0.29) is 12.4 Å². The lowest BCUT2D eigenvalue weighted by molar-refractivity contribution is 0.332. The fraction of sp³-hybridized carbons (Fsp3) is 0.250. The van der Waals surface area contributed by atoms with E-state index < -0.39 is 22.9 Å². The van der Waals surface area contributed by atoms with Crippen molar-refractivity contribution >= 4 is 0 Å². The molecule has 0 bridgehead atoms. The fourth-order valence-corrected chi connectivity index (χ4v) is 1.22. The topological polar surface area (TPSA) is 114 Å². The lowest BCUT2D eigenvalue weighted by Gasteiger charge is -2.04. The largest absolute Gasteiger partial charge is 0.492 e. The van der Waals surface area contributed by atoms with E-state index in [1.807, 2.05) is 0 Å². The lowest BCUT2D eigenvalue weighted by atomic mass is 10.5. The van der Waals surface area contributed by atoms with Gasteiger partial charge < -0.3 is 9.63 Å². The summed E-state index contributed by atoms with van der Waals surface area (Å²) < 4.78 is 18.3. The van der Waals surface area contributed by atoms with Gasteiger partial charge in [0, 0.05) is 0 Å². The zero-order chi connectivity index (χ0) is 12.6. The first kappa shape index (κ1) is 11.0. The molecule has 90 valence electrons. The Morgan fingerprint density at radius 3 is 2.82 bits per heavy atom. The van der Waals surface area contributed by atoms with Crippen LogP contribution in [-0.4, -0.2) is 24.8 Å². The van der Waals surface area contributed by atoms with Crippen molar-refractivity contribution in [3.8, 4) is 5.88 Å². The second-order valence-corrected chi connectivity index (χ2v) is 3.22. The highest BCUT2D eigenvalue weighted by molar-refractivity contribution is 5.10. The smallest absolute Gasteiger partial charge is 0.331 e. The number of halogens is 1. The Hall–Kier alpha value is -2.45. The molecule has 8 nitrogen and oxygen atoms in total. The zero-order valence-corrected chi connectivity index (χ0v) is 8.60. The number of hydrogen-bond donors (Lipinski definition) is 2. The average Bonchev–Trinajstić information content (AvgIpc) is 2.67. The summed E-state index contributed by atoms with van der Waals surface area (Å²) in [4.78, 5) is 27.6. The number of aromatic nitrogens is 4. The molecule has 9 heteroatoms. The molecular weight excluding hydrogens is 235 g/mol. The third kappa shape index (κ3) is 1.94. The molecule has 2 rings (SSSR count). The van der Waals surface area contributed by atoms with Gasteiger partial charge in [-0.15, -0.1) is 0 Å². The van der Waals surface area contributed by atoms with Gasteiger partial charge in [-0.2, -0.15) is 9.37 Å². The zero-order valence-electron chi connectivity index (χ0n) is 8.60. The SMILES string of the molecule is Cc1noc(Cn2c(O)c(F)c(=O)[nH]c2=O)n1. The number of nitrogens with zero attached hydrogens (tertiary/aromatic N) is 3. The van der Waals surface area contributed by atoms with Crippen molar-refractivity contribution < 1.29 is 14.0 Å². The second kappa shape index (κ2) is 3.85. The van der Waals surface area contributed by atoms with Crippen LogP contribution in [0.4, 0.5) is 4.39 Å². The molecule has 0 aliphatic rings. The minimum Gasteiger partial charge on any atom is -0.492 e. The van der Waals surface area contributed by atoms with Crippen LogP contribution in [0.3, 0.4) is 0 Å². The van der Waals surface area contributed by atoms with E-state index in [1.165, 1.54) is 0 Å². The molecule has 2 heterocycles. The normalized spacial score (nSPS) is 10.7.